The third kappa shape index (κ3) is 7.42. The topological polar surface area (TPSA) is 33.0 Å². The lowest BCUT2D eigenvalue weighted by Gasteiger charge is -2.31. The number of nitrogens with zero attached hydrogens (tertiary/aromatic N) is 1. The van der Waals surface area contributed by atoms with Crippen molar-refractivity contribution in [3.63, 3.8) is 0 Å². The summed E-state index contributed by atoms with van der Waals surface area (Å²) in [6.45, 7) is 2.06. The minimum Gasteiger partial charge on any atom is -0.313 e. The van der Waals surface area contributed by atoms with Gasteiger partial charge in [0.2, 0.25) is 0 Å². The van der Waals surface area contributed by atoms with E-state index in [9.17, 15) is 22.0 Å². The number of halogens is 6. The van der Waals surface area contributed by atoms with Gasteiger partial charge in [-0.05, 0) is 103 Å². The molecule has 45 heavy (non-hydrogen) atoms. The van der Waals surface area contributed by atoms with Crippen LogP contribution < -0.4 is 0 Å². The van der Waals surface area contributed by atoms with Crippen LogP contribution in [0, 0.1) is 34.6 Å². The Morgan fingerprint density at radius 2 is 1.38 bits per heavy atom. The molecular formula is C37H33F6NO. The third-order valence-corrected chi connectivity index (χ3v) is 8.55. The Kier molecular flexibility index (Phi) is 9.99. The minimum atomic E-state index is -3.72. The van der Waals surface area contributed by atoms with Crippen molar-refractivity contribution < 1.29 is 31.1 Å². The fourth-order valence-electron chi connectivity index (χ4n) is 6.03. The molecule has 5 rings (SSSR count). The van der Waals surface area contributed by atoms with Gasteiger partial charge in [-0.15, -0.1) is 0 Å². The van der Waals surface area contributed by atoms with Crippen molar-refractivity contribution in [1.82, 2.24) is 0 Å². The molecule has 2 nitrogen and oxygen atoms in total. The lowest BCUT2D eigenvalue weighted by molar-refractivity contribution is -0.278. The lowest BCUT2D eigenvalue weighted by Crippen LogP contribution is -2.30. The Hall–Kier alpha value is -4.09. The largest absolute Gasteiger partial charge is 0.386 e. The molecule has 1 saturated carbocycles. The molecule has 0 saturated heterocycles. The normalized spacial score (nSPS) is 16.8. The zero-order valence-electron chi connectivity index (χ0n) is 24.9. The maximum atomic E-state index is 15.0. The Balaban J connectivity index is 1.19. The summed E-state index contributed by atoms with van der Waals surface area (Å²) in [6, 6.07) is 19.1. The van der Waals surface area contributed by atoms with E-state index in [0.29, 0.717) is 43.2 Å². The molecule has 4 aromatic carbocycles. The van der Waals surface area contributed by atoms with Gasteiger partial charge in [0, 0.05) is 5.56 Å². The maximum absolute atomic E-state index is 15.0. The van der Waals surface area contributed by atoms with E-state index in [-0.39, 0.29) is 17.0 Å². The van der Waals surface area contributed by atoms with Crippen molar-refractivity contribution in [3.05, 3.63) is 118 Å². The van der Waals surface area contributed by atoms with Crippen molar-refractivity contribution in [3.8, 4) is 28.3 Å². The molecule has 0 N–H and O–H groups in total. The second-order valence-corrected chi connectivity index (χ2v) is 11.6. The lowest BCUT2D eigenvalue weighted by atomic mass is 9.82. The first-order chi connectivity index (χ1) is 21.6. The van der Waals surface area contributed by atoms with Gasteiger partial charge in [-0.2, -0.15) is 14.0 Å². The highest BCUT2D eigenvalue weighted by atomic mass is 19.3. The fraction of sp³-hybridized carbons (Fsp3) is 0.324. The number of alkyl halides is 2. The second-order valence-electron chi connectivity index (χ2n) is 11.6. The summed E-state index contributed by atoms with van der Waals surface area (Å²) >= 11 is 0. The highest BCUT2D eigenvalue weighted by Gasteiger charge is 2.40. The summed E-state index contributed by atoms with van der Waals surface area (Å²) in [5, 5.41) is 8.86. The number of unbranched alkanes of at least 4 members (excludes halogenated alkanes) is 2. The molecule has 1 aliphatic rings. The van der Waals surface area contributed by atoms with Crippen LogP contribution in [0.5, 0.6) is 0 Å². The van der Waals surface area contributed by atoms with Crippen LogP contribution in [0.2, 0.25) is 0 Å². The van der Waals surface area contributed by atoms with Crippen LogP contribution >= 0.6 is 0 Å². The molecular weight excluding hydrogens is 588 g/mol. The standard InChI is InChI=1S/C37H33F6NO/c1-2-3-4-5-23-6-17-32(36(41)18-23)37(42,43)45-29-14-11-25(12-15-29)24-7-9-26(10-8-24)27-13-16-30(33(38)19-27)28-20-34(39)31(22-44)35(40)21-28/h6-10,13,16-21,25,29H,2-5,11-12,14-15H2,1H3. The summed E-state index contributed by atoms with van der Waals surface area (Å²) in [5.74, 6) is -3.60. The number of ether oxygens (including phenoxy) is 1. The van der Waals surface area contributed by atoms with E-state index in [1.165, 1.54) is 24.3 Å². The summed E-state index contributed by atoms with van der Waals surface area (Å²) in [5.41, 5.74) is 1.56. The van der Waals surface area contributed by atoms with Crippen LogP contribution in [0.4, 0.5) is 26.3 Å². The first kappa shape index (κ1) is 32.3. The van der Waals surface area contributed by atoms with E-state index < -0.39 is 46.6 Å². The average Bonchev–Trinajstić information content (AvgIpc) is 3.01. The quantitative estimate of drug-likeness (QED) is 0.130. The van der Waals surface area contributed by atoms with Gasteiger partial charge in [0.1, 0.15) is 34.9 Å². The molecule has 4 aromatic rings. The van der Waals surface area contributed by atoms with Gasteiger partial charge in [-0.3, -0.25) is 0 Å². The van der Waals surface area contributed by atoms with E-state index >= 15 is 4.39 Å². The second kappa shape index (κ2) is 13.9. The van der Waals surface area contributed by atoms with Gasteiger partial charge in [0.25, 0.3) is 0 Å². The zero-order chi connectivity index (χ0) is 32.1. The van der Waals surface area contributed by atoms with Crippen molar-refractivity contribution in [2.24, 2.45) is 0 Å². The van der Waals surface area contributed by atoms with E-state index in [2.05, 4.69) is 6.92 Å². The van der Waals surface area contributed by atoms with Crippen molar-refractivity contribution in [2.75, 3.05) is 0 Å². The molecule has 0 aromatic heterocycles. The van der Waals surface area contributed by atoms with Gasteiger partial charge in [-0.1, -0.05) is 62.2 Å². The van der Waals surface area contributed by atoms with Gasteiger partial charge < -0.3 is 4.74 Å². The molecule has 0 unspecified atom stereocenters. The molecule has 1 aliphatic carbocycles. The molecule has 1 fully saturated rings. The maximum Gasteiger partial charge on any atom is 0.386 e. The number of aryl methyl sites for hydroxylation is 1. The SMILES string of the molecule is CCCCCc1ccc(C(F)(F)OC2CCC(c3ccc(-c4ccc(-c5cc(F)c(C#N)c(F)c5)c(F)c4)cc3)CC2)c(F)c1. The number of benzene rings is 4. The van der Waals surface area contributed by atoms with Gasteiger partial charge >= 0.3 is 6.11 Å². The summed E-state index contributed by atoms with van der Waals surface area (Å²) in [4.78, 5) is 0. The smallest absolute Gasteiger partial charge is 0.313 e. The molecule has 8 heteroatoms. The Morgan fingerprint density at radius 3 is 1.98 bits per heavy atom. The van der Waals surface area contributed by atoms with Crippen molar-refractivity contribution >= 4 is 0 Å². The molecule has 0 radical (unpaired) electrons. The van der Waals surface area contributed by atoms with Crippen molar-refractivity contribution in [2.45, 2.75) is 76.4 Å². The first-order valence-electron chi connectivity index (χ1n) is 15.2. The van der Waals surface area contributed by atoms with Crippen LogP contribution in [0.1, 0.15) is 80.0 Å². The number of hydrogen-bond donors (Lipinski definition) is 0. The summed E-state index contributed by atoms with van der Waals surface area (Å²) in [6.07, 6.45) is 1.19. The number of rotatable bonds is 10. The summed E-state index contributed by atoms with van der Waals surface area (Å²) < 4.78 is 92.8. The van der Waals surface area contributed by atoms with E-state index in [4.69, 9.17) is 10.00 Å². The molecule has 0 bridgehead atoms. The van der Waals surface area contributed by atoms with E-state index in [0.717, 1.165) is 48.6 Å². The average molecular weight is 622 g/mol. The monoisotopic (exact) mass is 621 g/mol. The molecule has 0 aliphatic heterocycles. The Morgan fingerprint density at radius 1 is 0.733 bits per heavy atom. The highest BCUT2D eigenvalue weighted by Crippen LogP contribution is 2.40. The van der Waals surface area contributed by atoms with E-state index in [1.807, 2.05) is 24.3 Å². The number of nitriles is 1. The Bertz CT molecular complexity index is 1660. The molecule has 0 atom stereocenters. The predicted molar refractivity (Wildman–Crippen MR) is 162 cm³/mol. The van der Waals surface area contributed by atoms with Gasteiger partial charge in [-0.25, -0.2) is 17.6 Å². The highest BCUT2D eigenvalue weighted by molar-refractivity contribution is 5.71. The van der Waals surface area contributed by atoms with Crippen molar-refractivity contribution in [1.29, 1.82) is 5.26 Å². The minimum absolute atomic E-state index is 0.00405. The fourth-order valence-corrected chi connectivity index (χ4v) is 6.03. The van der Waals surface area contributed by atoms with Gasteiger partial charge in [0.05, 0.1) is 11.7 Å². The molecule has 0 heterocycles. The van der Waals surface area contributed by atoms with Crippen LogP contribution in [0.15, 0.2) is 72.8 Å². The third-order valence-electron chi connectivity index (χ3n) is 8.55. The van der Waals surface area contributed by atoms with Gasteiger partial charge in [0.15, 0.2) is 0 Å². The zero-order valence-corrected chi connectivity index (χ0v) is 24.9. The number of hydrogen-bond acceptors (Lipinski definition) is 2. The van der Waals surface area contributed by atoms with E-state index in [1.54, 1.807) is 12.1 Å². The predicted octanol–water partition coefficient (Wildman–Crippen LogP) is 11.0. The molecule has 0 amide bonds. The van der Waals surface area contributed by atoms with Crippen LogP contribution in [-0.4, -0.2) is 6.10 Å². The van der Waals surface area contributed by atoms with Crippen LogP contribution in [0.3, 0.4) is 0 Å². The van der Waals surface area contributed by atoms with Crippen LogP contribution in [-0.2, 0) is 17.3 Å². The first-order valence-corrected chi connectivity index (χ1v) is 15.2. The molecule has 0 spiro atoms. The van der Waals surface area contributed by atoms with Crippen LogP contribution in [0.25, 0.3) is 22.3 Å². The molecule has 234 valence electrons. The Labute approximate surface area is 259 Å². The summed E-state index contributed by atoms with van der Waals surface area (Å²) in [7, 11) is 0.